The Morgan fingerprint density at radius 1 is 1.06 bits per heavy atom. The molecule has 1 aromatic heterocycles. The molecule has 0 bridgehead atoms. The lowest BCUT2D eigenvalue weighted by Gasteiger charge is -2.25. The van der Waals surface area contributed by atoms with Gasteiger partial charge in [0.25, 0.3) is 0 Å². The highest BCUT2D eigenvalue weighted by molar-refractivity contribution is 5.80. The average molecular weight is 478 g/mol. The molecule has 1 aliphatic rings. The Balaban J connectivity index is 1.27. The second-order valence-electron chi connectivity index (χ2n) is 9.09. The van der Waals surface area contributed by atoms with Gasteiger partial charge in [0.05, 0.1) is 12.7 Å². The summed E-state index contributed by atoms with van der Waals surface area (Å²) in [5.74, 6) is -1.39. The zero-order valence-corrected chi connectivity index (χ0v) is 19.5. The number of fused-ring (bicyclic) bond motifs is 3. The summed E-state index contributed by atoms with van der Waals surface area (Å²) >= 11 is 0. The van der Waals surface area contributed by atoms with Gasteiger partial charge in [-0.1, -0.05) is 53.7 Å². The third-order valence-electron chi connectivity index (χ3n) is 5.74. The number of aliphatic carboxylic acids is 1. The molecule has 2 amide bonds. The molecule has 0 saturated heterocycles. The number of carboxylic acid groups (broad SMARTS) is 1. The lowest BCUT2D eigenvalue weighted by Crippen LogP contribution is -2.47. The predicted octanol–water partition coefficient (Wildman–Crippen LogP) is 2.69. The maximum atomic E-state index is 12.6. The fourth-order valence-corrected chi connectivity index (χ4v) is 4.24. The minimum Gasteiger partial charge on any atom is -0.480 e. The molecule has 0 aliphatic heterocycles. The van der Waals surface area contributed by atoms with E-state index < -0.39 is 17.6 Å². The Morgan fingerprint density at radius 2 is 1.69 bits per heavy atom. The summed E-state index contributed by atoms with van der Waals surface area (Å²) in [6, 6.07) is 16.2. The molecule has 0 fully saturated rings. The van der Waals surface area contributed by atoms with Crippen molar-refractivity contribution in [2.45, 2.75) is 44.8 Å². The largest absolute Gasteiger partial charge is 0.480 e. The zero-order chi connectivity index (χ0) is 25.0. The highest BCUT2D eigenvalue weighted by Crippen LogP contribution is 2.44. The summed E-state index contributed by atoms with van der Waals surface area (Å²) < 4.78 is 6.74. The standard InChI is InChI=1S/C25H27N5O5/c1-25(2,11-22(31)26-12-16-13-30(29-28-16)14-23(32)33)27-24(34)35-15-21-19-9-5-3-7-17(19)18-8-4-6-10-20(18)21/h3-10,13,21H,11-12,14-15H2,1-2H3,(H,26,31)(H,27,34)(H,32,33). The van der Waals surface area contributed by atoms with Gasteiger partial charge in [-0.15, -0.1) is 5.10 Å². The van der Waals surface area contributed by atoms with Gasteiger partial charge in [-0.05, 0) is 36.1 Å². The number of carboxylic acids is 1. The molecule has 10 heteroatoms. The Hall–Kier alpha value is -4.21. The minimum atomic E-state index is -1.04. The van der Waals surface area contributed by atoms with Crippen molar-refractivity contribution in [2.75, 3.05) is 6.61 Å². The molecule has 0 unspecified atom stereocenters. The van der Waals surface area contributed by atoms with Crippen LogP contribution in [0.4, 0.5) is 4.79 Å². The normalized spacial score (nSPS) is 12.5. The van der Waals surface area contributed by atoms with Crippen LogP contribution < -0.4 is 10.6 Å². The van der Waals surface area contributed by atoms with Gasteiger partial charge in [0.2, 0.25) is 5.91 Å². The number of benzene rings is 2. The highest BCUT2D eigenvalue weighted by atomic mass is 16.5. The summed E-state index contributed by atoms with van der Waals surface area (Å²) in [5.41, 5.74) is 4.13. The smallest absolute Gasteiger partial charge is 0.407 e. The molecule has 182 valence electrons. The molecular weight excluding hydrogens is 450 g/mol. The number of carbonyl (C=O) groups excluding carboxylic acids is 2. The summed E-state index contributed by atoms with van der Waals surface area (Å²) in [5, 5.41) is 21.8. The van der Waals surface area contributed by atoms with Gasteiger partial charge in [0, 0.05) is 17.9 Å². The van der Waals surface area contributed by atoms with E-state index >= 15 is 0 Å². The number of aromatic nitrogens is 3. The zero-order valence-electron chi connectivity index (χ0n) is 19.5. The van der Waals surface area contributed by atoms with E-state index in [0.717, 1.165) is 22.3 Å². The van der Waals surface area contributed by atoms with Crippen LogP contribution in [0.1, 0.15) is 43.0 Å². The average Bonchev–Trinajstić information content (AvgIpc) is 3.37. The Kier molecular flexibility index (Phi) is 6.81. The van der Waals surface area contributed by atoms with Crippen molar-refractivity contribution in [2.24, 2.45) is 0 Å². The van der Waals surface area contributed by atoms with E-state index in [4.69, 9.17) is 9.84 Å². The van der Waals surface area contributed by atoms with Crippen LogP contribution in [-0.4, -0.2) is 50.2 Å². The van der Waals surface area contributed by atoms with E-state index in [-0.39, 0.29) is 37.9 Å². The van der Waals surface area contributed by atoms with Crippen LogP contribution in [0.25, 0.3) is 11.1 Å². The van der Waals surface area contributed by atoms with Crippen LogP contribution in [0.2, 0.25) is 0 Å². The second-order valence-corrected chi connectivity index (χ2v) is 9.09. The summed E-state index contributed by atoms with van der Waals surface area (Å²) in [4.78, 5) is 35.7. The first-order valence-electron chi connectivity index (χ1n) is 11.2. The fourth-order valence-electron chi connectivity index (χ4n) is 4.24. The number of nitrogens with one attached hydrogen (secondary N) is 2. The van der Waals surface area contributed by atoms with E-state index in [1.165, 1.54) is 10.9 Å². The number of hydrogen-bond acceptors (Lipinski definition) is 6. The first kappa shape index (κ1) is 23.9. The number of amides is 2. The highest BCUT2D eigenvalue weighted by Gasteiger charge is 2.30. The molecule has 1 aliphatic carbocycles. The number of alkyl carbamates (subject to hydrolysis) is 1. The first-order valence-corrected chi connectivity index (χ1v) is 11.2. The quantitative estimate of drug-likeness (QED) is 0.431. The van der Waals surface area contributed by atoms with Gasteiger partial charge in [0.15, 0.2) is 0 Å². The Morgan fingerprint density at radius 3 is 2.31 bits per heavy atom. The SMILES string of the molecule is CC(C)(CC(=O)NCc1cn(CC(=O)O)nn1)NC(=O)OCC1c2ccccc2-c2ccccc21. The molecule has 0 radical (unpaired) electrons. The molecule has 10 nitrogen and oxygen atoms in total. The third-order valence-corrected chi connectivity index (χ3v) is 5.74. The fraction of sp³-hybridized carbons (Fsp3) is 0.320. The van der Waals surface area contributed by atoms with E-state index in [9.17, 15) is 14.4 Å². The molecule has 3 N–H and O–H groups in total. The Labute approximate surface area is 202 Å². The topological polar surface area (TPSA) is 135 Å². The van der Waals surface area contributed by atoms with Gasteiger partial charge >= 0.3 is 12.1 Å². The van der Waals surface area contributed by atoms with Crippen LogP contribution in [0, 0.1) is 0 Å². The molecule has 2 aromatic carbocycles. The molecule has 35 heavy (non-hydrogen) atoms. The Bertz CT molecular complexity index is 1210. The van der Waals surface area contributed by atoms with Gasteiger partial charge < -0.3 is 20.5 Å². The van der Waals surface area contributed by atoms with Crippen molar-refractivity contribution in [3.63, 3.8) is 0 Å². The second kappa shape index (κ2) is 9.96. The summed E-state index contributed by atoms with van der Waals surface area (Å²) in [6.07, 6.45) is 0.871. The molecule has 0 atom stereocenters. The van der Waals surface area contributed by atoms with E-state index in [2.05, 4.69) is 45.2 Å². The van der Waals surface area contributed by atoms with Crippen LogP contribution in [-0.2, 0) is 27.4 Å². The summed E-state index contributed by atoms with van der Waals surface area (Å²) in [7, 11) is 0. The number of ether oxygens (including phenoxy) is 1. The first-order chi connectivity index (χ1) is 16.7. The van der Waals surface area contributed by atoms with E-state index in [1.54, 1.807) is 13.8 Å². The predicted molar refractivity (Wildman–Crippen MR) is 126 cm³/mol. The van der Waals surface area contributed by atoms with Gasteiger partial charge in [0.1, 0.15) is 18.8 Å². The molecule has 1 heterocycles. The number of hydrogen-bond donors (Lipinski definition) is 3. The number of nitrogens with zero attached hydrogens (tertiary/aromatic N) is 3. The van der Waals surface area contributed by atoms with Crippen molar-refractivity contribution in [3.8, 4) is 11.1 Å². The van der Waals surface area contributed by atoms with Gasteiger partial charge in [-0.2, -0.15) is 0 Å². The van der Waals surface area contributed by atoms with Gasteiger partial charge in [-0.3, -0.25) is 9.59 Å². The molecule has 4 rings (SSSR count). The molecule has 3 aromatic rings. The third kappa shape index (κ3) is 5.84. The minimum absolute atomic E-state index is 0.0143. The van der Waals surface area contributed by atoms with Crippen LogP contribution >= 0.6 is 0 Å². The molecular formula is C25H27N5O5. The maximum absolute atomic E-state index is 12.6. The molecule has 0 saturated carbocycles. The molecule has 0 spiro atoms. The van der Waals surface area contributed by atoms with Crippen LogP contribution in [0.3, 0.4) is 0 Å². The summed E-state index contributed by atoms with van der Waals surface area (Å²) in [6.45, 7) is 3.44. The van der Waals surface area contributed by atoms with Crippen molar-refractivity contribution in [1.82, 2.24) is 25.6 Å². The lowest BCUT2D eigenvalue weighted by atomic mass is 9.98. The van der Waals surface area contributed by atoms with Crippen LogP contribution in [0.5, 0.6) is 0 Å². The van der Waals surface area contributed by atoms with Gasteiger partial charge in [-0.25, -0.2) is 9.48 Å². The monoisotopic (exact) mass is 477 g/mol. The van der Waals surface area contributed by atoms with Crippen molar-refractivity contribution in [1.29, 1.82) is 0 Å². The number of rotatable bonds is 9. The van der Waals surface area contributed by atoms with E-state index in [1.807, 2.05) is 24.3 Å². The number of carbonyl (C=O) groups is 3. The van der Waals surface area contributed by atoms with Crippen molar-refractivity contribution in [3.05, 3.63) is 71.5 Å². The van der Waals surface area contributed by atoms with E-state index in [0.29, 0.717) is 5.69 Å². The maximum Gasteiger partial charge on any atom is 0.407 e. The van der Waals surface area contributed by atoms with Crippen molar-refractivity contribution < 1.29 is 24.2 Å². The van der Waals surface area contributed by atoms with Crippen LogP contribution in [0.15, 0.2) is 54.7 Å². The lowest BCUT2D eigenvalue weighted by molar-refractivity contribution is -0.138. The van der Waals surface area contributed by atoms with Crippen molar-refractivity contribution >= 4 is 18.0 Å².